The molecular formula is C13H25NO. The average Bonchev–Trinajstić information content (AvgIpc) is 2.24. The zero-order valence-electron chi connectivity index (χ0n) is 10.2. The van der Waals surface area contributed by atoms with E-state index in [4.69, 9.17) is 4.74 Å². The molecule has 2 heteroatoms. The first-order valence-corrected chi connectivity index (χ1v) is 6.24. The molecule has 0 spiro atoms. The summed E-state index contributed by atoms with van der Waals surface area (Å²) in [5.41, 5.74) is 0. The highest BCUT2D eigenvalue weighted by molar-refractivity contribution is 4.89. The number of allylic oxidation sites excluding steroid dienone is 1. The summed E-state index contributed by atoms with van der Waals surface area (Å²) in [5.74, 6) is 1.52. The van der Waals surface area contributed by atoms with E-state index in [9.17, 15) is 0 Å². The lowest BCUT2D eigenvalue weighted by Crippen LogP contribution is -2.20. The van der Waals surface area contributed by atoms with Gasteiger partial charge in [0.05, 0.1) is 0 Å². The van der Waals surface area contributed by atoms with Crippen LogP contribution in [0.1, 0.15) is 33.1 Å². The minimum absolute atomic E-state index is 0.754. The van der Waals surface area contributed by atoms with Gasteiger partial charge in [-0.05, 0) is 44.2 Å². The Morgan fingerprint density at radius 3 is 2.73 bits per heavy atom. The number of hydrogen-bond donors (Lipinski definition) is 1. The van der Waals surface area contributed by atoms with Gasteiger partial charge in [-0.25, -0.2) is 0 Å². The van der Waals surface area contributed by atoms with Crippen molar-refractivity contribution in [1.29, 1.82) is 0 Å². The van der Waals surface area contributed by atoms with Crippen LogP contribution in [0.15, 0.2) is 12.2 Å². The van der Waals surface area contributed by atoms with E-state index in [0.29, 0.717) is 0 Å². The minimum Gasteiger partial charge on any atom is -0.381 e. The maximum absolute atomic E-state index is 5.32. The molecule has 15 heavy (non-hydrogen) atoms. The van der Waals surface area contributed by atoms with E-state index in [1.807, 2.05) is 0 Å². The molecule has 0 atom stereocenters. The molecule has 0 radical (unpaired) electrons. The van der Waals surface area contributed by atoms with E-state index in [-0.39, 0.29) is 0 Å². The Kier molecular flexibility index (Phi) is 6.69. The van der Waals surface area contributed by atoms with Gasteiger partial charge in [-0.3, -0.25) is 0 Å². The monoisotopic (exact) mass is 211 g/mol. The van der Waals surface area contributed by atoms with Crippen LogP contribution in [0.2, 0.25) is 0 Å². The van der Waals surface area contributed by atoms with E-state index in [2.05, 4.69) is 31.3 Å². The molecule has 1 saturated heterocycles. The second kappa shape index (κ2) is 7.89. The van der Waals surface area contributed by atoms with Gasteiger partial charge in [-0.2, -0.15) is 0 Å². The molecule has 0 bridgehead atoms. The zero-order valence-corrected chi connectivity index (χ0v) is 10.2. The van der Waals surface area contributed by atoms with Gasteiger partial charge in [0.25, 0.3) is 0 Å². The van der Waals surface area contributed by atoms with Gasteiger partial charge in [0, 0.05) is 13.2 Å². The normalized spacial score (nSPS) is 19.1. The van der Waals surface area contributed by atoms with Gasteiger partial charge >= 0.3 is 0 Å². The molecule has 2 nitrogen and oxygen atoms in total. The van der Waals surface area contributed by atoms with Gasteiger partial charge in [0.15, 0.2) is 0 Å². The fraction of sp³-hybridized carbons (Fsp3) is 0.846. The lowest BCUT2D eigenvalue weighted by atomic mass is 10.00. The van der Waals surface area contributed by atoms with Crippen molar-refractivity contribution < 1.29 is 4.74 Å². The molecule has 1 rings (SSSR count). The van der Waals surface area contributed by atoms with Crippen molar-refractivity contribution in [2.24, 2.45) is 11.8 Å². The predicted molar refractivity (Wildman–Crippen MR) is 65.0 cm³/mol. The quantitative estimate of drug-likeness (QED) is 0.538. The molecule has 1 N–H and O–H groups in total. The molecule has 1 aliphatic rings. The van der Waals surface area contributed by atoms with Gasteiger partial charge in [0.2, 0.25) is 0 Å². The van der Waals surface area contributed by atoms with E-state index in [1.54, 1.807) is 0 Å². The number of hydrogen-bond acceptors (Lipinski definition) is 2. The van der Waals surface area contributed by atoms with Crippen LogP contribution in [-0.4, -0.2) is 26.3 Å². The topological polar surface area (TPSA) is 21.3 Å². The summed E-state index contributed by atoms with van der Waals surface area (Å²) in [6.07, 6.45) is 8.26. The van der Waals surface area contributed by atoms with Crippen molar-refractivity contribution in [2.75, 3.05) is 26.3 Å². The molecule has 0 aliphatic carbocycles. The summed E-state index contributed by atoms with van der Waals surface area (Å²) >= 11 is 0. The first-order valence-electron chi connectivity index (χ1n) is 6.24. The lowest BCUT2D eigenvalue weighted by molar-refractivity contribution is 0.0785. The maximum Gasteiger partial charge on any atom is 0.0471 e. The van der Waals surface area contributed by atoms with Crippen molar-refractivity contribution in [2.45, 2.75) is 33.1 Å². The standard InChI is InChI=1S/C13H25NO/c1-12(2)11-14-8-4-3-5-13-6-9-15-10-7-13/h3,5,12-14H,4,6-11H2,1-2H3. The van der Waals surface area contributed by atoms with E-state index in [1.165, 1.54) is 12.8 Å². The molecular weight excluding hydrogens is 186 g/mol. The second-order valence-electron chi connectivity index (χ2n) is 4.76. The Morgan fingerprint density at radius 2 is 2.07 bits per heavy atom. The van der Waals surface area contributed by atoms with Crippen molar-refractivity contribution in [3.8, 4) is 0 Å². The summed E-state index contributed by atoms with van der Waals surface area (Å²) in [6.45, 7) is 8.61. The SMILES string of the molecule is CC(C)CNCCC=CC1CCOCC1. The molecule has 0 amide bonds. The van der Waals surface area contributed by atoms with Gasteiger partial charge in [0.1, 0.15) is 0 Å². The fourth-order valence-electron chi connectivity index (χ4n) is 1.77. The summed E-state index contributed by atoms with van der Waals surface area (Å²) in [5, 5.41) is 3.45. The molecule has 1 aliphatic heterocycles. The Balaban J connectivity index is 1.96. The van der Waals surface area contributed by atoms with Crippen molar-refractivity contribution >= 4 is 0 Å². The Morgan fingerprint density at radius 1 is 1.33 bits per heavy atom. The number of rotatable bonds is 6. The minimum atomic E-state index is 0.754. The smallest absolute Gasteiger partial charge is 0.0471 e. The third-order valence-electron chi connectivity index (χ3n) is 2.71. The van der Waals surface area contributed by atoms with Gasteiger partial charge in [-0.15, -0.1) is 0 Å². The molecule has 1 fully saturated rings. The maximum atomic E-state index is 5.32. The lowest BCUT2D eigenvalue weighted by Gasteiger charge is -2.18. The van der Waals surface area contributed by atoms with E-state index < -0.39 is 0 Å². The van der Waals surface area contributed by atoms with Crippen LogP contribution in [-0.2, 0) is 4.74 Å². The molecule has 1 heterocycles. The molecule has 0 unspecified atom stereocenters. The molecule has 0 aromatic heterocycles. The van der Waals surface area contributed by atoms with Gasteiger partial charge in [-0.1, -0.05) is 26.0 Å². The van der Waals surface area contributed by atoms with Crippen LogP contribution >= 0.6 is 0 Å². The van der Waals surface area contributed by atoms with E-state index >= 15 is 0 Å². The summed E-state index contributed by atoms with van der Waals surface area (Å²) in [4.78, 5) is 0. The molecule has 0 saturated carbocycles. The average molecular weight is 211 g/mol. The highest BCUT2D eigenvalue weighted by Crippen LogP contribution is 2.15. The van der Waals surface area contributed by atoms with Crippen molar-refractivity contribution in [1.82, 2.24) is 5.32 Å². The van der Waals surface area contributed by atoms with Crippen molar-refractivity contribution in [3.63, 3.8) is 0 Å². The highest BCUT2D eigenvalue weighted by atomic mass is 16.5. The van der Waals surface area contributed by atoms with Gasteiger partial charge < -0.3 is 10.1 Å². The van der Waals surface area contributed by atoms with Crippen LogP contribution in [0, 0.1) is 11.8 Å². The number of ether oxygens (including phenoxy) is 1. The summed E-state index contributed by atoms with van der Waals surface area (Å²) in [7, 11) is 0. The third kappa shape index (κ3) is 6.69. The van der Waals surface area contributed by atoms with Crippen LogP contribution in [0.3, 0.4) is 0 Å². The summed E-state index contributed by atoms with van der Waals surface area (Å²) < 4.78 is 5.32. The Hall–Kier alpha value is -0.340. The first-order chi connectivity index (χ1) is 7.29. The first kappa shape index (κ1) is 12.7. The molecule has 0 aromatic rings. The van der Waals surface area contributed by atoms with Crippen LogP contribution in [0.5, 0.6) is 0 Å². The molecule has 0 aromatic carbocycles. The fourth-order valence-corrected chi connectivity index (χ4v) is 1.77. The third-order valence-corrected chi connectivity index (χ3v) is 2.71. The Bertz CT molecular complexity index is 171. The molecule has 88 valence electrons. The zero-order chi connectivity index (χ0) is 10.9. The second-order valence-corrected chi connectivity index (χ2v) is 4.76. The number of nitrogens with one attached hydrogen (secondary N) is 1. The highest BCUT2D eigenvalue weighted by Gasteiger charge is 2.09. The predicted octanol–water partition coefficient (Wildman–Crippen LogP) is 2.60. The Labute approximate surface area is 94.1 Å². The summed E-state index contributed by atoms with van der Waals surface area (Å²) in [6, 6.07) is 0. The largest absolute Gasteiger partial charge is 0.381 e. The van der Waals surface area contributed by atoms with Crippen LogP contribution in [0.4, 0.5) is 0 Å². The van der Waals surface area contributed by atoms with Crippen LogP contribution < -0.4 is 5.32 Å². The van der Waals surface area contributed by atoms with E-state index in [0.717, 1.165) is 44.6 Å². The van der Waals surface area contributed by atoms with Crippen molar-refractivity contribution in [3.05, 3.63) is 12.2 Å². The van der Waals surface area contributed by atoms with Crippen LogP contribution in [0.25, 0.3) is 0 Å².